The number of hydrogen-bond donors (Lipinski definition) is 1. The van der Waals surface area contributed by atoms with E-state index in [1.54, 1.807) is 26.0 Å². The molecular weight excluding hydrogens is 236 g/mol. The fraction of sp³-hybridized carbons (Fsp3) is 0.364. The number of anilines is 1. The van der Waals surface area contributed by atoms with E-state index in [4.69, 9.17) is 10.2 Å². The van der Waals surface area contributed by atoms with Crippen molar-refractivity contribution in [1.82, 2.24) is 9.91 Å². The van der Waals surface area contributed by atoms with Crippen molar-refractivity contribution >= 4 is 24.0 Å². The maximum absolute atomic E-state index is 11.8. The van der Waals surface area contributed by atoms with Crippen molar-refractivity contribution < 1.29 is 14.0 Å². The van der Waals surface area contributed by atoms with Gasteiger partial charge in [-0.1, -0.05) is 0 Å². The highest BCUT2D eigenvalue weighted by Gasteiger charge is 2.37. The van der Waals surface area contributed by atoms with Crippen LogP contribution in [0.15, 0.2) is 21.7 Å². The maximum atomic E-state index is 11.8. The Morgan fingerprint density at radius 2 is 2.17 bits per heavy atom. The number of carbonyl (C=O) groups is 2. The number of carbonyl (C=O) groups excluding carboxylic acids is 2. The molecule has 2 N–H and O–H groups in total. The Morgan fingerprint density at radius 3 is 2.67 bits per heavy atom. The number of nitrogens with zero attached hydrogens (tertiary/aromatic N) is 3. The second-order valence-electron chi connectivity index (χ2n) is 4.18. The van der Waals surface area contributed by atoms with Gasteiger partial charge in [-0.05, 0) is 19.9 Å². The van der Waals surface area contributed by atoms with Gasteiger partial charge in [-0.3, -0.25) is 9.69 Å². The summed E-state index contributed by atoms with van der Waals surface area (Å²) in [4.78, 5) is 24.6. The molecular formula is C11H14N4O3. The molecule has 0 spiro atoms. The van der Waals surface area contributed by atoms with Crippen LogP contribution in [-0.4, -0.2) is 40.6 Å². The highest BCUT2D eigenvalue weighted by Crippen LogP contribution is 2.14. The monoisotopic (exact) mass is 250 g/mol. The summed E-state index contributed by atoms with van der Waals surface area (Å²) in [5.74, 6) is 0.436. The molecule has 0 radical (unpaired) electrons. The number of nitrogens with two attached hydrogens (primary N) is 1. The molecule has 1 aliphatic heterocycles. The predicted octanol–water partition coefficient (Wildman–Crippen LogP) is 0.868. The summed E-state index contributed by atoms with van der Waals surface area (Å²) in [6.07, 6.45) is 1.35. The third kappa shape index (κ3) is 2.20. The minimum atomic E-state index is -0.425. The van der Waals surface area contributed by atoms with E-state index in [0.717, 1.165) is 5.01 Å². The number of nitrogen functional groups attached to an aromatic ring is 1. The molecule has 96 valence electrons. The molecule has 0 aromatic carbocycles. The smallest absolute Gasteiger partial charge is 0.347 e. The lowest BCUT2D eigenvalue weighted by Gasteiger charge is -2.17. The van der Waals surface area contributed by atoms with Crippen LogP contribution in [0.3, 0.4) is 0 Å². The molecule has 1 aromatic heterocycles. The Morgan fingerprint density at radius 1 is 1.44 bits per heavy atom. The summed E-state index contributed by atoms with van der Waals surface area (Å²) in [6, 6.07) is 2.61. The van der Waals surface area contributed by atoms with Gasteiger partial charge < -0.3 is 10.2 Å². The van der Waals surface area contributed by atoms with Gasteiger partial charge in [-0.15, -0.1) is 0 Å². The first-order valence-corrected chi connectivity index (χ1v) is 5.52. The van der Waals surface area contributed by atoms with Crippen LogP contribution in [0.4, 0.5) is 10.7 Å². The van der Waals surface area contributed by atoms with Crippen molar-refractivity contribution in [3.8, 4) is 0 Å². The molecule has 3 amide bonds. The number of hydrazone groups is 1. The van der Waals surface area contributed by atoms with E-state index in [1.165, 1.54) is 11.1 Å². The number of hydrogen-bond acceptors (Lipinski definition) is 5. The zero-order valence-electron chi connectivity index (χ0n) is 10.2. The Hall–Kier alpha value is -2.31. The van der Waals surface area contributed by atoms with Crippen molar-refractivity contribution in [3.05, 3.63) is 17.9 Å². The first kappa shape index (κ1) is 12.2. The lowest BCUT2D eigenvalue weighted by atomic mass is 10.3. The molecule has 1 saturated heterocycles. The van der Waals surface area contributed by atoms with Crippen molar-refractivity contribution in [2.75, 3.05) is 12.3 Å². The summed E-state index contributed by atoms with van der Waals surface area (Å²) in [7, 11) is 0. The summed E-state index contributed by atoms with van der Waals surface area (Å²) >= 11 is 0. The molecule has 18 heavy (non-hydrogen) atoms. The number of urea groups is 1. The molecule has 1 aromatic rings. The number of rotatable bonds is 3. The average molecular weight is 250 g/mol. The molecule has 1 fully saturated rings. The van der Waals surface area contributed by atoms with E-state index in [0.29, 0.717) is 5.76 Å². The lowest BCUT2D eigenvalue weighted by molar-refractivity contribution is -0.126. The van der Waals surface area contributed by atoms with E-state index in [-0.39, 0.29) is 24.4 Å². The zero-order valence-corrected chi connectivity index (χ0v) is 10.2. The van der Waals surface area contributed by atoms with Gasteiger partial charge in [-0.25, -0.2) is 9.80 Å². The quantitative estimate of drug-likeness (QED) is 0.636. The van der Waals surface area contributed by atoms with Crippen LogP contribution >= 0.6 is 0 Å². The van der Waals surface area contributed by atoms with Gasteiger partial charge >= 0.3 is 6.03 Å². The van der Waals surface area contributed by atoms with Crippen molar-refractivity contribution in [3.63, 3.8) is 0 Å². The van der Waals surface area contributed by atoms with Crippen LogP contribution in [0.25, 0.3) is 0 Å². The molecule has 0 unspecified atom stereocenters. The summed E-state index contributed by atoms with van der Waals surface area (Å²) in [5.41, 5.74) is 5.40. The van der Waals surface area contributed by atoms with Gasteiger partial charge in [0.15, 0.2) is 5.88 Å². The molecule has 7 nitrogen and oxygen atoms in total. The van der Waals surface area contributed by atoms with E-state index >= 15 is 0 Å². The van der Waals surface area contributed by atoms with Crippen LogP contribution in [0, 0.1) is 0 Å². The summed E-state index contributed by atoms with van der Waals surface area (Å²) in [6.45, 7) is 3.50. The van der Waals surface area contributed by atoms with Gasteiger partial charge in [0.2, 0.25) is 0 Å². The zero-order chi connectivity index (χ0) is 13.3. The molecule has 0 atom stereocenters. The minimum Gasteiger partial charge on any atom is -0.440 e. The van der Waals surface area contributed by atoms with E-state index in [1.807, 2.05) is 0 Å². The van der Waals surface area contributed by atoms with Crippen LogP contribution in [0.1, 0.15) is 19.6 Å². The second-order valence-corrected chi connectivity index (χ2v) is 4.18. The Labute approximate surface area is 104 Å². The first-order valence-electron chi connectivity index (χ1n) is 5.52. The third-order valence-electron chi connectivity index (χ3n) is 2.47. The highest BCUT2D eigenvalue weighted by molar-refractivity contribution is 6.02. The van der Waals surface area contributed by atoms with Crippen molar-refractivity contribution in [2.45, 2.75) is 19.9 Å². The molecule has 0 aliphatic carbocycles. The molecule has 1 aliphatic rings. The average Bonchev–Trinajstić information content (AvgIpc) is 2.80. The predicted molar refractivity (Wildman–Crippen MR) is 64.8 cm³/mol. The molecule has 7 heteroatoms. The van der Waals surface area contributed by atoms with Crippen LogP contribution in [-0.2, 0) is 4.79 Å². The van der Waals surface area contributed by atoms with E-state index in [2.05, 4.69) is 5.10 Å². The van der Waals surface area contributed by atoms with Crippen LogP contribution in [0.5, 0.6) is 0 Å². The van der Waals surface area contributed by atoms with E-state index < -0.39 is 6.03 Å². The standard InChI is InChI=1S/C11H14N4O3/c1-7(2)15-10(16)6-14(11(15)17)13-5-8-3-4-9(12)18-8/h3-5,7H,6,12H2,1-2H3/b13-5+. The van der Waals surface area contributed by atoms with Gasteiger partial charge in [0.1, 0.15) is 12.3 Å². The number of amides is 3. The summed E-state index contributed by atoms with van der Waals surface area (Å²) in [5, 5.41) is 5.02. The van der Waals surface area contributed by atoms with Gasteiger partial charge in [0.05, 0.1) is 6.21 Å². The van der Waals surface area contributed by atoms with Crippen molar-refractivity contribution in [2.24, 2.45) is 5.10 Å². The fourth-order valence-electron chi connectivity index (χ4n) is 1.67. The topological polar surface area (TPSA) is 92.1 Å². The lowest BCUT2D eigenvalue weighted by Crippen LogP contribution is -2.37. The normalized spacial score (nSPS) is 16.6. The Balaban J connectivity index is 2.10. The number of imide groups is 1. The Bertz CT molecular complexity index is 506. The van der Waals surface area contributed by atoms with Crippen LogP contribution < -0.4 is 5.73 Å². The number of furan rings is 1. The molecule has 2 rings (SSSR count). The minimum absolute atomic E-state index is 0.0519. The summed E-state index contributed by atoms with van der Waals surface area (Å²) < 4.78 is 5.07. The SMILES string of the molecule is CC(C)N1C(=O)CN(/N=C/c2ccc(N)o2)C1=O. The largest absolute Gasteiger partial charge is 0.440 e. The maximum Gasteiger partial charge on any atom is 0.347 e. The third-order valence-corrected chi connectivity index (χ3v) is 2.47. The van der Waals surface area contributed by atoms with E-state index in [9.17, 15) is 9.59 Å². The fourth-order valence-corrected chi connectivity index (χ4v) is 1.67. The van der Waals surface area contributed by atoms with Crippen LogP contribution in [0.2, 0.25) is 0 Å². The Kier molecular flexibility index (Phi) is 3.05. The molecule has 0 saturated carbocycles. The molecule has 2 heterocycles. The van der Waals surface area contributed by atoms with Gasteiger partial charge in [0.25, 0.3) is 5.91 Å². The first-order chi connectivity index (χ1) is 8.49. The highest BCUT2D eigenvalue weighted by atomic mass is 16.3. The second kappa shape index (κ2) is 4.52. The van der Waals surface area contributed by atoms with Gasteiger partial charge in [0, 0.05) is 12.1 Å². The molecule has 0 bridgehead atoms. The van der Waals surface area contributed by atoms with Crippen molar-refractivity contribution in [1.29, 1.82) is 0 Å². The van der Waals surface area contributed by atoms with Gasteiger partial charge in [-0.2, -0.15) is 5.10 Å².